The van der Waals surface area contributed by atoms with Crippen molar-refractivity contribution in [3.05, 3.63) is 12.7 Å². The molecule has 0 radical (unpaired) electrons. The molecule has 1 aliphatic heterocycles. The number of hydrogen-bond acceptors (Lipinski definition) is 2. The van der Waals surface area contributed by atoms with Gasteiger partial charge in [-0.2, -0.15) is 0 Å². The van der Waals surface area contributed by atoms with Crippen molar-refractivity contribution in [3.8, 4) is 0 Å². The van der Waals surface area contributed by atoms with Gasteiger partial charge in [-0.3, -0.25) is 4.79 Å². The molecule has 1 aromatic heterocycles. The van der Waals surface area contributed by atoms with Crippen molar-refractivity contribution in [2.75, 3.05) is 0 Å². The van der Waals surface area contributed by atoms with Crippen LogP contribution in [0.25, 0.3) is 0 Å². The van der Waals surface area contributed by atoms with Crippen molar-refractivity contribution in [3.63, 3.8) is 0 Å². The molecular formula is C8H13N4O+. The Morgan fingerprint density at radius 3 is 3.23 bits per heavy atom. The van der Waals surface area contributed by atoms with E-state index in [2.05, 4.69) is 10.4 Å². The maximum absolute atomic E-state index is 10.9. The lowest BCUT2D eigenvalue weighted by Crippen LogP contribution is -2.42. The molecule has 1 aromatic rings. The first-order valence-electron chi connectivity index (χ1n) is 4.41. The van der Waals surface area contributed by atoms with E-state index in [9.17, 15) is 4.79 Å². The summed E-state index contributed by atoms with van der Waals surface area (Å²) in [5, 5.41) is 6.96. The van der Waals surface area contributed by atoms with Crippen LogP contribution in [0.2, 0.25) is 0 Å². The van der Waals surface area contributed by atoms with Crippen LogP contribution in [0.3, 0.4) is 0 Å². The molecule has 1 fully saturated rings. The van der Waals surface area contributed by atoms with Crippen LogP contribution in [0.1, 0.15) is 12.8 Å². The third-order valence-corrected chi connectivity index (χ3v) is 2.21. The van der Waals surface area contributed by atoms with Gasteiger partial charge >= 0.3 is 0 Å². The van der Waals surface area contributed by atoms with Crippen molar-refractivity contribution < 1.29 is 9.36 Å². The van der Waals surface area contributed by atoms with Crippen LogP contribution in [-0.2, 0) is 18.4 Å². The van der Waals surface area contributed by atoms with Crippen molar-refractivity contribution in [2.45, 2.75) is 25.4 Å². The minimum Gasteiger partial charge on any atom is -0.350 e. The number of aromatic nitrogens is 3. The zero-order valence-electron chi connectivity index (χ0n) is 7.60. The van der Waals surface area contributed by atoms with E-state index in [1.165, 1.54) is 0 Å². The molecule has 0 aliphatic carbocycles. The second-order valence-corrected chi connectivity index (χ2v) is 3.42. The van der Waals surface area contributed by atoms with Gasteiger partial charge in [-0.15, -0.1) is 4.68 Å². The van der Waals surface area contributed by atoms with E-state index in [0.29, 0.717) is 6.42 Å². The Morgan fingerprint density at radius 2 is 2.69 bits per heavy atom. The van der Waals surface area contributed by atoms with Gasteiger partial charge in [0.2, 0.25) is 12.2 Å². The summed E-state index contributed by atoms with van der Waals surface area (Å²) >= 11 is 0. The second kappa shape index (κ2) is 3.16. The molecule has 5 heteroatoms. The van der Waals surface area contributed by atoms with Crippen molar-refractivity contribution >= 4 is 5.91 Å². The zero-order valence-corrected chi connectivity index (χ0v) is 7.60. The Bertz CT molecular complexity index is 320. The minimum atomic E-state index is 0.162. The fraction of sp³-hybridized carbons (Fsp3) is 0.625. The molecule has 1 N–H and O–H groups in total. The maximum Gasteiger partial charge on any atom is 0.265 e. The van der Waals surface area contributed by atoms with Crippen LogP contribution in [0.4, 0.5) is 0 Å². The Kier molecular flexibility index (Phi) is 2.00. The summed E-state index contributed by atoms with van der Waals surface area (Å²) in [6.45, 7) is 0.819. The molecule has 0 unspecified atom stereocenters. The Labute approximate surface area is 76.4 Å². The summed E-state index contributed by atoms with van der Waals surface area (Å²) in [6.07, 6.45) is 5.27. The Balaban J connectivity index is 1.95. The van der Waals surface area contributed by atoms with Gasteiger partial charge in [-0.05, 0) is 6.42 Å². The molecular weight excluding hydrogens is 168 g/mol. The summed E-state index contributed by atoms with van der Waals surface area (Å²) in [4.78, 5) is 10.9. The largest absolute Gasteiger partial charge is 0.350 e. The van der Waals surface area contributed by atoms with Gasteiger partial charge in [0.25, 0.3) is 6.33 Å². The van der Waals surface area contributed by atoms with Gasteiger partial charge in [0, 0.05) is 11.5 Å². The number of hydrogen-bond donors (Lipinski definition) is 1. The molecule has 5 nitrogen and oxygen atoms in total. The van der Waals surface area contributed by atoms with Crippen LogP contribution in [-0.4, -0.2) is 21.7 Å². The predicted octanol–water partition coefficient (Wildman–Crippen LogP) is -1.01. The molecule has 0 aromatic carbocycles. The normalized spacial score (nSPS) is 21.9. The van der Waals surface area contributed by atoms with Crippen molar-refractivity contribution in [1.82, 2.24) is 15.1 Å². The number of carbonyl (C=O) groups excluding carboxylic acids is 1. The third kappa shape index (κ3) is 1.85. The molecule has 1 atom stereocenters. The van der Waals surface area contributed by atoms with Crippen molar-refractivity contribution in [1.29, 1.82) is 0 Å². The smallest absolute Gasteiger partial charge is 0.265 e. The summed E-state index contributed by atoms with van der Waals surface area (Å²) in [7, 11) is 1.88. The van der Waals surface area contributed by atoms with Crippen LogP contribution >= 0.6 is 0 Å². The summed E-state index contributed by atoms with van der Waals surface area (Å²) in [5.41, 5.74) is 0. The highest BCUT2D eigenvalue weighted by Crippen LogP contribution is 2.05. The number of rotatable bonds is 2. The summed E-state index contributed by atoms with van der Waals surface area (Å²) in [5.74, 6) is 0.162. The van der Waals surface area contributed by atoms with Crippen LogP contribution in [0.5, 0.6) is 0 Å². The topological polar surface area (TPSA) is 50.8 Å². The molecule has 2 rings (SSSR count). The van der Waals surface area contributed by atoms with Gasteiger partial charge in [-0.1, -0.05) is 0 Å². The predicted molar refractivity (Wildman–Crippen MR) is 44.6 cm³/mol. The Hall–Kier alpha value is -1.39. The number of amides is 1. The van der Waals surface area contributed by atoms with E-state index < -0.39 is 0 Å². The maximum atomic E-state index is 10.9. The first-order valence-corrected chi connectivity index (χ1v) is 4.41. The SMILES string of the molecule is Cn1c[n+](C[C@@H]2CCC(=O)N2)cn1. The van der Waals surface area contributed by atoms with Gasteiger partial charge in [0.05, 0.1) is 19.6 Å². The standard InChI is InChI=1S/C8H12N4O/c1-11-6-12(5-9-11)4-7-2-3-8(13)10-7/h5-7H,2-4H2,1H3/p+1/t7-/m0/s1. The lowest BCUT2D eigenvalue weighted by Gasteiger charge is -2.05. The molecule has 13 heavy (non-hydrogen) atoms. The van der Waals surface area contributed by atoms with E-state index >= 15 is 0 Å². The highest BCUT2D eigenvalue weighted by atomic mass is 16.1. The van der Waals surface area contributed by atoms with Crippen molar-refractivity contribution in [2.24, 2.45) is 7.05 Å². The second-order valence-electron chi connectivity index (χ2n) is 3.42. The number of nitrogens with one attached hydrogen (secondary N) is 1. The highest BCUT2D eigenvalue weighted by molar-refractivity contribution is 5.78. The highest BCUT2D eigenvalue weighted by Gasteiger charge is 2.22. The first-order chi connectivity index (χ1) is 6.24. The molecule has 0 bridgehead atoms. The molecule has 2 heterocycles. The van der Waals surface area contributed by atoms with Gasteiger partial charge < -0.3 is 5.32 Å². The van der Waals surface area contributed by atoms with E-state index in [0.717, 1.165) is 13.0 Å². The first kappa shape index (κ1) is 8.22. The molecule has 0 saturated carbocycles. The number of nitrogens with zero attached hydrogens (tertiary/aromatic N) is 3. The number of aryl methyl sites for hydroxylation is 1. The molecule has 0 spiro atoms. The minimum absolute atomic E-state index is 0.162. The van der Waals surface area contributed by atoms with Crippen LogP contribution in [0.15, 0.2) is 12.7 Å². The van der Waals surface area contributed by atoms with Gasteiger partial charge in [0.15, 0.2) is 0 Å². The monoisotopic (exact) mass is 181 g/mol. The average Bonchev–Trinajstić information content (AvgIpc) is 2.62. The number of carbonyl (C=O) groups is 1. The van der Waals surface area contributed by atoms with E-state index in [1.54, 1.807) is 11.0 Å². The summed E-state index contributed by atoms with van der Waals surface area (Å²) < 4.78 is 3.73. The van der Waals surface area contributed by atoms with Crippen LogP contribution in [0, 0.1) is 0 Å². The molecule has 70 valence electrons. The molecule has 1 amide bonds. The van der Waals surface area contributed by atoms with E-state index in [4.69, 9.17) is 0 Å². The third-order valence-electron chi connectivity index (χ3n) is 2.21. The lowest BCUT2D eigenvalue weighted by atomic mass is 10.2. The van der Waals surface area contributed by atoms with E-state index in [1.807, 2.05) is 17.9 Å². The quantitative estimate of drug-likeness (QED) is 0.594. The lowest BCUT2D eigenvalue weighted by molar-refractivity contribution is -0.699. The molecule has 1 aliphatic rings. The van der Waals surface area contributed by atoms with Gasteiger partial charge in [-0.25, -0.2) is 4.57 Å². The molecule has 1 saturated heterocycles. The fourth-order valence-corrected chi connectivity index (χ4v) is 1.59. The van der Waals surface area contributed by atoms with Crippen LogP contribution < -0.4 is 9.88 Å². The zero-order chi connectivity index (χ0) is 9.26. The van der Waals surface area contributed by atoms with Gasteiger partial charge in [0.1, 0.15) is 0 Å². The average molecular weight is 181 g/mol. The summed E-state index contributed by atoms with van der Waals surface area (Å²) in [6, 6.07) is 0.279. The Morgan fingerprint density at radius 1 is 1.85 bits per heavy atom. The fourth-order valence-electron chi connectivity index (χ4n) is 1.59. The van der Waals surface area contributed by atoms with E-state index in [-0.39, 0.29) is 11.9 Å².